The van der Waals surface area contributed by atoms with Gasteiger partial charge in [0.1, 0.15) is 0 Å². The molecule has 104 valence electrons. The van der Waals surface area contributed by atoms with Crippen molar-refractivity contribution in [1.82, 2.24) is 0 Å². The van der Waals surface area contributed by atoms with Crippen LogP contribution < -0.4 is 0 Å². The molecule has 0 atom stereocenters. The maximum Gasteiger partial charge on any atom is 0.450 e. The molecule has 19 heavy (non-hydrogen) atoms. The fraction of sp³-hybridized carbons (Fsp3) is 0.429. The van der Waals surface area contributed by atoms with E-state index in [9.17, 15) is 22.8 Å². The van der Waals surface area contributed by atoms with Gasteiger partial charge in [0, 0.05) is 5.56 Å². The zero-order valence-electron chi connectivity index (χ0n) is 10.6. The van der Waals surface area contributed by atoms with Crippen LogP contribution in [0.25, 0.3) is 0 Å². The molecule has 0 aromatic heterocycles. The largest absolute Gasteiger partial charge is 0.450 e. The number of ketones is 2. The first-order chi connectivity index (χ1) is 8.84. The van der Waals surface area contributed by atoms with E-state index in [1.165, 1.54) is 12.1 Å². The smallest absolute Gasteiger partial charge is 0.294 e. The van der Waals surface area contributed by atoms with Crippen LogP contribution in [0.4, 0.5) is 13.2 Å². The van der Waals surface area contributed by atoms with E-state index in [4.69, 9.17) is 0 Å². The lowest BCUT2D eigenvalue weighted by molar-refractivity contribution is -0.170. The Morgan fingerprint density at radius 3 is 2.16 bits per heavy atom. The average Bonchev–Trinajstić information content (AvgIpc) is 2.35. The number of hydrogen-bond donors (Lipinski definition) is 0. The Labute approximate surface area is 109 Å². The summed E-state index contributed by atoms with van der Waals surface area (Å²) < 4.78 is 36.1. The van der Waals surface area contributed by atoms with Gasteiger partial charge in [-0.3, -0.25) is 9.59 Å². The van der Waals surface area contributed by atoms with Gasteiger partial charge in [0.2, 0.25) is 5.78 Å². The minimum Gasteiger partial charge on any atom is -0.294 e. The van der Waals surface area contributed by atoms with Gasteiger partial charge in [-0.1, -0.05) is 37.6 Å². The highest BCUT2D eigenvalue weighted by Gasteiger charge is 2.39. The summed E-state index contributed by atoms with van der Waals surface area (Å²) in [4.78, 5) is 22.2. The number of aryl methyl sites for hydroxylation is 1. The molecule has 0 heterocycles. The monoisotopic (exact) mass is 272 g/mol. The number of Topliss-reactive ketones (excluding diaryl/α,β-unsaturated/α-hetero) is 2. The highest BCUT2D eigenvalue weighted by atomic mass is 19.4. The topological polar surface area (TPSA) is 34.1 Å². The standard InChI is InChI=1S/C14H15F3O2/c1-2-3-4-10-5-7-11(8-6-10)12(18)9-13(19)14(15,16)17/h5-8H,2-4,9H2,1H3. The van der Waals surface area contributed by atoms with Gasteiger partial charge in [0.05, 0.1) is 6.42 Å². The molecule has 0 radical (unpaired) electrons. The maximum atomic E-state index is 12.0. The number of hydrogen-bond acceptors (Lipinski definition) is 2. The molecule has 1 rings (SSSR count). The zero-order chi connectivity index (χ0) is 14.5. The van der Waals surface area contributed by atoms with Gasteiger partial charge in [-0.15, -0.1) is 0 Å². The molecular weight excluding hydrogens is 257 g/mol. The van der Waals surface area contributed by atoms with Crippen LogP contribution >= 0.6 is 0 Å². The van der Waals surface area contributed by atoms with Crippen molar-refractivity contribution in [2.45, 2.75) is 38.8 Å². The quantitative estimate of drug-likeness (QED) is 0.584. The van der Waals surface area contributed by atoms with Crippen LogP contribution in [0.15, 0.2) is 24.3 Å². The summed E-state index contributed by atoms with van der Waals surface area (Å²) in [7, 11) is 0. The number of rotatable bonds is 6. The Hall–Kier alpha value is -1.65. The number of unbranched alkanes of at least 4 members (excludes halogenated alkanes) is 1. The van der Waals surface area contributed by atoms with Crippen molar-refractivity contribution in [3.8, 4) is 0 Å². The number of carbonyl (C=O) groups excluding carboxylic acids is 2. The summed E-state index contributed by atoms with van der Waals surface area (Å²) >= 11 is 0. The van der Waals surface area contributed by atoms with Crippen LogP contribution in [0.1, 0.15) is 42.1 Å². The van der Waals surface area contributed by atoms with Gasteiger partial charge in [-0.05, 0) is 18.4 Å². The summed E-state index contributed by atoms with van der Waals surface area (Å²) in [5.41, 5.74) is 1.17. The first kappa shape index (κ1) is 15.4. The Kier molecular flexibility index (Phi) is 5.27. The average molecular weight is 272 g/mol. The van der Waals surface area contributed by atoms with E-state index in [1.54, 1.807) is 12.1 Å². The number of alkyl halides is 3. The third kappa shape index (κ3) is 4.85. The van der Waals surface area contributed by atoms with Crippen LogP contribution in [-0.2, 0) is 11.2 Å². The van der Waals surface area contributed by atoms with Crippen molar-refractivity contribution in [2.24, 2.45) is 0 Å². The molecule has 0 amide bonds. The molecular formula is C14H15F3O2. The highest BCUT2D eigenvalue weighted by molar-refractivity contribution is 6.09. The molecule has 1 aromatic carbocycles. The van der Waals surface area contributed by atoms with Crippen molar-refractivity contribution in [2.75, 3.05) is 0 Å². The number of benzene rings is 1. The third-order valence-electron chi connectivity index (χ3n) is 2.73. The predicted octanol–water partition coefficient (Wildman–Crippen LogP) is 3.73. The Balaban J connectivity index is 2.65. The van der Waals surface area contributed by atoms with E-state index >= 15 is 0 Å². The summed E-state index contributed by atoms with van der Waals surface area (Å²) in [5, 5.41) is 0. The minimum absolute atomic E-state index is 0.137. The molecule has 0 aliphatic rings. The van der Waals surface area contributed by atoms with Crippen molar-refractivity contribution < 1.29 is 22.8 Å². The van der Waals surface area contributed by atoms with Crippen molar-refractivity contribution >= 4 is 11.6 Å². The first-order valence-electron chi connectivity index (χ1n) is 6.06. The molecule has 1 aromatic rings. The third-order valence-corrected chi connectivity index (χ3v) is 2.73. The molecule has 0 unspecified atom stereocenters. The normalized spacial score (nSPS) is 11.4. The fourth-order valence-electron chi connectivity index (χ4n) is 1.59. The van der Waals surface area contributed by atoms with Gasteiger partial charge in [0.15, 0.2) is 5.78 Å². The molecule has 2 nitrogen and oxygen atoms in total. The Morgan fingerprint density at radius 2 is 1.68 bits per heavy atom. The first-order valence-corrected chi connectivity index (χ1v) is 6.06. The van der Waals surface area contributed by atoms with Crippen LogP contribution in [0.2, 0.25) is 0 Å². The van der Waals surface area contributed by atoms with E-state index in [1.807, 2.05) is 0 Å². The van der Waals surface area contributed by atoms with E-state index < -0.39 is 24.2 Å². The van der Waals surface area contributed by atoms with E-state index in [0.717, 1.165) is 24.8 Å². The van der Waals surface area contributed by atoms with Gasteiger partial charge in [-0.25, -0.2) is 0 Å². The summed E-state index contributed by atoms with van der Waals surface area (Å²) in [6.45, 7) is 2.06. The summed E-state index contributed by atoms with van der Waals surface area (Å²) in [6.07, 6.45) is -3.15. The van der Waals surface area contributed by atoms with Gasteiger partial charge in [-0.2, -0.15) is 13.2 Å². The SMILES string of the molecule is CCCCc1ccc(C(=O)CC(=O)C(F)(F)F)cc1. The van der Waals surface area contributed by atoms with Crippen molar-refractivity contribution in [1.29, 1.82) is 0 Å². The lowest BCUT2D eigenvalue weighted by Gasteiger charge is -2.05. The number of carbonyl (C=O) groups is 2. The summed E-state index contributed by atoms with van der Waals surface area (Å²) in [5.74, 6) is -2.81. The molecule has 0 bridgehead atoms. The second kappa shape index (κ2) is 6.50. The molecule has 0 aliphatic heterocycles. The van der Waals surface area contributed by atoms with Gasteiger partial charge < -0.3 is 0 Å². The molecule has 0 saturated heterocycles. The molecule has 0 spiro atoms. The molecule has 0 fully saturated rings. The second-order valence-electron chi connectivity index (χ2n) is 4.32. The molecule has 0 N–H and O–H groups in total. The molecule has 5 heteroatoms. The van der Waals surface area contributed by atoms with E-state index in [-0.39, 0.29) is 5.56 Å². The lowest BCUT2D eigenvalue weighted by Crippen LogP contribution is -2.25. The van der Waals surface area contributed by atoms with Gasteiger partial charge >= 0.3 is 6.18 Å². The Bertz CT molecular complexity index is 447. The van der Waals surface area contributed by atoms with Crippen molar-refractivity contribution in [3.05, 3.63) is 35.4 Å². The van der Waals surface area contributed by atoms with Gasteiger partial charge in [0.25, 0.3) is 0 Å². The Morgan fingerprint density at radius 1 is 1.11 bits per heavy atom. The summed E-state index contributed by atoms with van der Waals surface area (Å²) in [6, 6.07) is 6.36. The molecule has 0 saturated carbocycles. The lowest BCUT2D eigenvalue weighted by atomic mass is 10.0. The molecule has 0 aliphatic carbocycles. The second-order valence-corrected chi connectivity index (χ2v) is 4.32. The zero-order valence-corrected chi connectivity index (χ0v) is 10.6. The van der Waals surface area contributed by atoms with Crippen LogP contribution in [0, 0.1) is 0 Å². The minimum atomic E-state index is -4.95. The maximum absolute atomic E-state index is 12.0. The highest BCUT2D eigenvalue weighted by Crippen LogP contribution is 2.19. The van der Waals surface area contributed by atoms with Crippen LogP contribution in [0.3, 0.4) is 0 Å². The number of halogens is 3. The van der Waals surface area contributed by atoms with E-state index in [0.29, 0.717) is 0 Å². The predicted molar refractivity (Wildman–Crippen MR) is 65.1 cm³/mol. The van der Waals surface area contributed by atoms with E-state index in [2.05, 4.69) is 6.92 Å². The van der Waals surface area contributed by atoms with Crippen LogP contribution in [-0.4, -0.2) is 17.7 Å². The fourth-order valence-corrected chi connectivity index (χ4v) is 1.59. The van der Waals surface area contributed by atoms with Crippen molar-refractivity contribution in [3.63, 3.8) is 0 Å². The van der Waals surface area contributed by atoms with Crippen LogP contribution in [0.5, 0.6) is 0 Å².